The van der Waals surface area contributed by atoms with Crippen LogP contribution in [0.3, 0.4) is 0 Å². The number of rotatable bonds is 6. The van der Waals surface area contributed by atoms with Gasteiger partial charge in [0, 0.05) is 12.8 Å². The van der Waals surface area contributed by atoms with Crippen LogP contribution >= 0.6 is 0 Å². The smallest absolute Gasteiger partial charge is 0.310 e. The summed E-state index contributed by atoms with van der Waals surface area (Å²) < 4.78 is 5.75. The molecule has 2 heteroatoms. The minimum Gasteiger partial charge on any atom is -0.431 e. The maximum Gasteiger partial charge on any atom is 0.310 e. The number of allylic oxidation sites excluding steroid dienone is 2. The molecule has 0 amide bonds. The summed E-state index contributed by atoms with van der Waals surface area (Å²) in [7, 11) is 0. The predicted octanol–water partition coefficient (Wildman–Crippen LogP) is 7.71. The van der Waals surface area contributed by atoms with E-state index in [1.807, 2.05) is 0 Å². The van der Waals surface area contributed by atoms with Crippen LogP contribution in [0.25, 0.3) is 0 Å². The van der Waals surface area contributed by atoms with Crippen LogP contribution in [0, 0.1) is 5.92 Å². The predicted molar refractivity (Wildman–Crippen MR) is 108 cm³/mol. The van der Waals surface area contributed by atoms with Crippen molar-refractivity contribution < 1.29 is 9.53 Å². The zero-order valence-corrected chi connectivity index (χ0v) is 17.0. The number of unbranched alkanes of at least 4 members (excludes halogenated alkanes) is 3. The molecule has 1 aliphatic carbocycles. The summed E-state index contributed by atoms with van der Waals surface area (Å²) in [6.45, 7) is 4.47. The third-order valence-corrected chi connectivity index (χ3v) is 5.28. The van der Waals surface area contributed by atoms with E-state index < -0.39 is 0 Å². The van der Waals surface area contributed by atoms with Crippen molar-refractivity contribution in [2.24, 2.45) is 5.92 Å². The van der Waals surface area contributed by atoms with Gasteiger partial charge in [-0.25, -0.2) is 0 Å². The molecule has 0 aromatic heterocycles. The van der Waals surface area contributed by atoms with Gasteiger partial charge in [-0.15, -0.1) is 0 Å². The van der Waals surface area contributed by atoms with Crippen LogP contribution in [0.15, 0.2) is 11.8 Å². The third kappa shape index (κ3) is 13.1. The molecule has 0 bridgehead atoms. The Kier molecular flexibility index (Phi) is 13.8. The lowest BCUT2D eigenvalue weighted by atomic mass is 10.0. The van der Waals surface area contributed by atoms with E-state index in [2.05, 4.69) is 19.9 Å². The molecular formula is C23H42O2. The molecule has 1 rings (SSSR count). The van der Waals surface area contributed by atoms with Crippen molar-refractivity contribution in [1.29, 1.82) is 0 Å². The Morgan fingerprint density at radius 1 is 0.920 bits per heavy atom. The molecule has 0 aliphatic heterocycles. The summed E-state index contributed by atoms with van der Waals surface area (Å²) >= 11 is 0. The Labute approximate surface area is 156 Å². The van der Waals surface area contributed by atoms with Crippen molar-refractivity contribution in [2.45, 2.75) is 123 Å². The molecule has 0 aromatic carbocycles. The maximum absolute atomic E-state index is 12.1. The topological polar surface area (TPSA) is 26.3 Å². The summed E-state index contributed by atoms with van der Waals surface area (Å²) in [6, 6.07) is 0. The van der Waals surface area contributed by atoms with Crippen molar-refractivity contribution in [3.63, 3.8) is 0 Å². The van der Waals surface area contributed by atoms with Gasteiger partial charge >= 0.3 is 5.97 Å². The molecule has 2 nitrogen and oxygen atoms in total. The third-order valence-electron chi connectivity index (χ3n) is 5.28. The van der Waals surface area contributed by atoms with Gasteiger partial charge < -0.3 is 4.74 Å². The fourth-order valence-corrected chi connectivity index (χ4v) is 3.64. The number of hydrogen-bond donors (Lipinski definition) is 0. The first-order valence-corrected chi connectivity index (χ1v) is 11.1. The molecule has 25 heavy (non-hydrogen) atoms. The molecule has 0 radical (unpaired) electrons. The second kappa shape index (κ2) is 15.5. The highest BCUT2D eigenvalue weighted by atomic mass is 16.5. The largest absolute Gasteiger partial charge is 0.431 e. The van der Waals surface area contributed by atoms with Gasteiger partial charge in [-0.1, -0.05) is 90.9 Å². The molecular weight excluding hydrogens is 308 g/mol. The van der Waals surface area contributed by atoms with Gasteiger partial charge in [0.2, 0.25) is 0 Å². The average Bonchev–Trinajstić information content (AvgIpc) is 2.59. The standard InChI is InChI=1S/C23H42O2/c1-3-4-5-16-19-23(24)25-22-18-15-13-11-9-7-6-8-10-12-14-17-21(2)20-22/h20-21H,3-19H2,1-2H3. The van der Waals surface area contributed by atoms with Gasteiger partial charge in [0.15, 0.2) is 0 Å². The van der Waals surface area contributed by atoms with Crippen molar-refractivity contribution >= 4 is 5.97 Å². The molecule has 0 fully saturated rings. The van der Waals surface area contributed by atoms with E-state index in [-0.39, 0.29) is 5.97 Å². The van der Waals surface area contributed by atoms with Gasteiger partial charge in [-0.2, -0.15) is 0 Å². The van der Waals surface area contributed by atoms with Crippen LogP contribution in [0.1, 0.15) is 123 Å². The first kappa shape index (κ1) is 22.3. The highest BCUT2D eigenvalue weighted by molar-refractivity contribution is 5.70. The second-order valence-corrected chi connectivity index (χ2v) is 7.97. The van der Waals surface area contributed by atoms with Crippen LogP contribution in [-0.4, -0.2) is 5.97 Å². The van der Waals surface area contributed by atoms with Gasteiger partial charge in [-0.05, 0) is 31.3 Å². The lowest BCUT2D eigenvalue weighted by Crippen LogP contribution is -2.06. The first-order valence-electron chi connectivity index (χ1n) is 11.1. The molecule has 0 saturated heterocycles. The zero-order valence-electron chi connectivity index (χ0n) is 17.0. The zero-order chi connectivity index (χ0) is 18.2. The molecule has 146 valence electrons. The van der Waals surface area contributed by atoms with Gasteiger partial charge in [0.05, 0.1) is 0 Å². The molecule has 0 heterocycles. The molecule has 0 N–H and O–H groups in total. The average molecular weight is 351 g/mol. The Morgan fingerprint density at radius 3 is 2.16 bits per heavy atom. The number of hydrogen-bond acceptors (Lipinski definition) is 2. The fraction of sp³-hybridized carbons (Fsp3) is 0.870. The monoisotopic (exact) mass is 350 g/mol. The number of carbonyl (C=O) groups excluding carboxylic acids is 1. The van der Waals surface area contributed by atoms with Crippen molar-refractivity contribution in [1.82, 2.24) is 0 Å². The Bertz CT molecular complexity index is 359. The summed E-state index contributed by atoms with van der Waals surface area (Å²) in [5.74, 6) is 1.45. The van der Waals surface area contributed by atoms with Crippen molar-refractivity contribution in [3.05, 3.63) is 11.8 Å². The maximum atomic E-state index is 12.1. The Hall–Kier alpha value is -0.790. The highest BCUT2D eigenvalue weighted by Crippen LogP contribution is 2.21. The van der Waals surface area contributed by atoms with Crippen LogP contribution in [0.4, 0.5) is 0 Å². The fourth-order valence-electron chi connectivity index (χ4n) is 3.64. The summed E-state index contributed by atoms with van der Waals surface area (Å²) in [4.78, 5) is 12.1. The van der Waals surface area contributed by atoms with Crippen LogP contribution in [0.5, 0.6) is 0 Å². The minimum absolute atomic E-state index is 0.0209. The second-order valence-electron chi connectivity index (χ2n) is 7.97. The van der Waals surface area contributed by atoms with Gasteiger partial charge in [0.25, 0.3) is 0 Å². The molecule has 1 atom stereocenters. The number of ether oxygens (including phenoxy) is 1. The Morgan fingerprint density at radius 2 is 1.52 bits per heavy atom. The molecule has 1 aliphatic rings. The number of carbonyl (C=O) groups is 1. The number of esters is 1. The lowest BCUT2D eigenvalue weighted by Gasteiger charge is -2.12. The van der Waals surface area contributed by atoms with E-state index in [0.29, 0.717) is 12.3 Å². The van der Waals surface area contributed by atoms with Gasteiger partial charge in [0.1, 0.15) is 5.76 Å². The van der Waals surface area contributed by atoms with Gasteiger partial charge in [-0.3, -0.25) is 4.79 Å². The molecule has 0 saturated carbocycles. The van der Waals surface area contributed by atoms with E-state index in [9.17, 15) is 4.79 Å². The molecule has 0 spiro atoms. The van der Waals surface area contributed by atoms with Crippen molar-refractivity contribution in [3.8, 4) is 0 Å². The van der Waals surface area contributed by atoms with E-state index in [4.69, 9.17) is 4.74 Å². The van der Waals surface area contributed by atoms with Crippen molar-refractivity contribution in [2.75, 3.05) is 0 Å². The van der Waals surface area contributed by atoms with E-state index >= 15 is 0 Å². The Balaban J connectivity index is 2.46. The minimum atomic E-state index is -0.0209. The lowest BCUT2D eigenvalue weighted by molar-refractivity contribution is -0.139. The van der Waals surface area contributed by atoms with E-state index in [1.165, 1.54) is 77.0 Å². The normalized spacial score (nSPS) is 21.7. The highest BCUT2D eigenvalue weighted by Gasteiger charge is 2.10. The van der Waals surface area contributed by atoms with Crippen LogP contribution in [0.2, 0.25) is 0 Å². The van der Waals surface area contributed by atoms with Crippen LogP contribution < -0.4 is 0 Å². The quantitative estimate of drug-likeness (QED) is 0.362. The SMILES string of the molecule is CCCCCCC(=O)OC1=CC(C)CCCCCCCCCCCC1. The summed E-state index contributed by atoms with van der Waals surface area (Å²) in [5.41, 5.74) is 0. The van der Waals surface area contributed by atoms with E-state index in [0.717, 1.165) is 31.4 Å². The van der Waals surface area contributed by atoms with Crippen LogP contribution in [-0.2, 0) is 9.53 Å². The summed E-state index contributed by atoms with van der Waals surface area (Å²) in [5, 5.41) is 0. The van der Waals surface area contributed by atoms with E-state index in [1.54, 1.807) is 0 Å². The summed E-state index contributed by atoms with van der Waals surface area (Å²) in [6.07, 6.45) is 22.9. The molecule has 1 unspecified atom stereocenters. The molecule has 0 aromatic rings. The first-order chi connectivity index (χ1) is 12.2.